The van der Waals surface area contributed by atoms with Crippen molar-refractivity contribution in [2.75, 3.05) is 20.2 Å². The molecular weight excluding hydrogens is 516 g/mol. The van der Waals surface area contributed by atoms with E-state index in [0.717, 1.165) is 5.39 Å². The number of carbonyl (C=O) groups excluding carboxylic acids is 3. The Morgan fingerprint density at radius 1 is 0.975 bits per heavy atom. The third kappa shape index (κ3) is 6.93. The Morgan fingerprint density at radius 2 is 1.70 bits per heavy atom. The van der Waals surface area contributed by atoms with Crippen LogP contribution in [0.1, 0.15) is 54.3 Å². The van der Waals surface area contributed by atoms with Crippen LogP contribution < -0.4 is 10.1 Å². The summed E-state index contributed by atoms with van der Waals surface area (Å²) in [6.45, 7) is 5.68. The lowest BCUT2D eigenvalue weighted by Crippen LogP contribution is -2.51. The van der Waals surface area contributed by atoms with Gasteiger partial charge in [-0.2, -0.15) is 0 Å². The maximum Gasteiger partial charge on any atom is 0.410 e. The Balaban J connectivity index is 1.60. The lowest BCUT2D eigenvalue weighted by molar-refractivity contribution is 0.0126. The van der Waals surface area contributed by atoms with Crippen LogP contribution in [0.25, 0.3) is 10.8 Å². The minimum absolute atomic E-state index is 0.0155. The van der Waals surface area contributed by atoms with Gasteiger partial charge < -0.3 is 34.6 Å². The Labute approximate surface area is 232 Å². The molecule has 1 aliphatic rings. The highest BCUT2D eigenvalue weighted by atomic mass is 16.6. The van der Waals surface area contributed by atoms with E-state index in [2.05, 4.69) is 5.32 Å². The largest absolute Gasteiger partial charge is 0.508 e. The third-order valence-electron chi connectivity index (χ3n) is 6.52. The van der Waals surface area contributed by atoms with Crippen LogP contribution in [0.4, 0.5) is 4.79 Å². The molecule has 0 saturated carbocycles. The van der Waals surface area contributed by atoms with Crippen molar-refractivity contribution >= 4 is 28.7 Å². The fraction of sp³-hybridized carbons (Fsp3) is 0.367. The van der Waals surface area contributed by atoms with Gasteiger partial charge in [-0.15, -0.1) is 0 Å². The third-order valence-corrected chi connectivity index (χ3v) is 6.52. The highest BCUT2D eigenvalue weighted by Gasteiger charge is 2.35. The van der Waals surface area contributed by atoms with Crippen molar-refractivity contribution in [1.82, 2.24) is 10.2 Å². The van der Waals surface area contributed by atoms with Crippen molar-refractivity contribution < 1.29 is 38.8 Å². The number of hydrogen-bond donors (Lipinski definition) is 3. The molecule has 1 fully saturated rings. The van der Waals surface area contributed by atoms with Crippen LogP contribution in [0.5, 0.6) is 17.2 Å². The van der Waals surface area contributed by atoms with Crippen molar-refractivity contribution in [2.24, 2.45) is 0 Å². The smallest absolute Gasteiger partial charge is 0.410 e. The molecule has 4 rings (SSSR count). The number of fused-ring (bicyclic) bond motifs is 1. The zero-order chi connectivity index (χ0) is 29.0. The van der Waals surface area contributed by atoms with E-state index in [4.69, 9.17) is 14.2 Å². The number of likely N-dealkylation sites (tertiary alicyclic amines) is 1. The maximum atomic E-state index is 13.3. The summed E-state index contributed by atoms with van der Waals surface area (Å²) in [6.07, 6.45) is -0.497. The van der Waals surface area contributed by atoms with E-state index in [1.165, 1.54) is 48.4 Å². The van der Waals surface area contributed by atoms with Gasteiger partial charge in [-0.25, -0.2) is 9.59 Å². The van der Waals surface area contributed by atoms with Crippen LogP contribution >= 0.6 is 0 Å². The first-order chi connectivity index (χ1) is 18.9. The Kier molecular flexibility index (Phi) is 8.37. The summed E-state index contributed by atoms with van der Waals surface area (Å²) >= 11 is 0. The number of amides is 2. The van der Waals surface area contributed by atoms with Crippen LogP contribution in [0, 0.1) is 0 Å². The molecule has 1 aliphatic heterocycles. The number of rotatable bonds is 5. The summed E-state index contributed by atoms with van der Waals surface area (Å²) in [6, 6.07) is 13.2. The minimum atomic E-state index is -0.804. The Morgan fingerprint density at radius 3 is 2.38 bits per heavy atom. The number of esters is 1. The van der Waals surface area contributed by atoms with Gasteiger partial charge in [0.25, 0.3) is 5.91 Å². The van der Waals surface area contributed by atoms with E-state index in [1.807, 2.05) is 0 Å². The van der Waals surface area contributed by atoms with Crippen molar-refractivity contribution in [3.8, 4) is 17.2 Å². The maximum absolute atomic E-state index is 13.3. The minimum Gasteiger partial charge on any atom is -0.508 e. The SMILES string of the molecule is COc1ccc2cc(O)c(C(=O)O[C@@H]3CCCN(C(=O)OC(C)(C)C)C[C@H]3NC(=O)c3ccc(O)cc3)cc2c1. The normalized spacial score (nSPS) is 17.6. The van der Waals surface area contributed by atoms with Crippen molar-refractivity contribution in [2.45, 2.75) is 51.4 Å². The summed E-state index contributed by atoms with van der Waals surface area (Å²) in [7, 11) is 1.54. The predicted octanol–water partition coefficient (Wildman–Crippen LogP) is 4.61. The number of methoxy groups -OCH3 is 1. The topological polar surface area (TPSA) is 135 Å². The molecule has 2 atom stereocenters. The van der Waals surface area contributed by atoms with E-state index < -0.39 is 35.7 Å². The van der Waals surface area contributed by atoms with Gasteiger partial charge in [0.2, 0.25) is 0 Å². The second kappa shape index (κ2) is 11.7. The van der Waals surface area contributed by atoms with E-state index in [-0.39, 0.29) is 29.2 Å². The monoisotopic (exact) mass is 550 g/mol. The van der Waals surface area contributed by atoms with E-state index in [1.54, 1.807) is 39.0 Å². The molecule has 10 heteroatoms. The molecule has 40 heavy (non-hydrogen) atoms. The van der Waals surface area contributed by atoms with Crippen molar-refractivity contribution in [3.05, 3.63) is 65.7 Å². The highest BCUT2D eigenvalue weighted by molar-refractivity contribution is 5.99. The molecule has 0 spiro atoms. The zero-order valence-electron chi connectivity index (χ0n) is 23.0. The second-order valence-electron chi connectivity index (χ2n) is 10.7. The number of benzene rings is 3. The zero-order valence-corrected chi connectivity index (χ0v) is 23.0. The lowest BCUT2D eigenvalue weighted by Gasteiger charge is -2.30. The van der Waals surface area contributed by atoms with E-state index >= 15 is 0 Å². The highest BCUT2D eigenvalue weighted by Crippen LogP contribution is 2.29. The van der Waals surface area contributed by atoms with Gasteiger partial charge in [0.15, 0.2) is 0 Å². The molecule has 0 bridgehead atoms. The molecule has 0 aliphatic carbocycles. The lowest BCUT2D eigenvalue weighted by atomic mass is 10.0. The first-order valence-corrected chi connectivity index (χ1v) is 13.0. The Hall–Kier alpha value is -4.47. The molecule has 2 amide bonds. The summed E-state index contributed by atoms with van der Waals surface area (Å²) in [5.41, 5.74) is -0.453. The molecule has 1 saturated heterocycles. The number of carbonyl (C=O) groups is 3. The van der Waals surface area contributed by atoms with Gasteiger partial charge in [-0.3, -0.25) is 4.79 Å². The van der Waals surface area contributed by atoms with Crippen LogP contribution in [0.15, 0.2) is 54.6 Å². The van der Waals surface area contributed by atoms with Crippen LogP contribution in [0.3, 0.4) is 0 Å². The van der Waals surface area contributed by atoms with Gasteiger partial charge in [0.05, 0.1) is 13.2 Å². The van der Waals surface area contributed by atoms with Crippen LogP contribution in [-0.4, -0.2) is 71.0 Å². The van der Waals surface area contributed by atoms with Gasteiger partial charge >= 0.3 is 12.1 Å². The first-order valence-electron chi connectivity index (χ1n) is 13.0. The molecular formula is C30H34N2O8. The molecule has 212 valence electrons. The fourth-order valence-corrected chi connectivity index (χ4v) is 4.52. The molecule has 3 N–H and O–H groups in total. The summed E-state index contributed by atoms with van der Waals surface area (Å²) in [4.78, 5) is 40.8. The molecule has 1 heterocycles. The predicted molar refractivity (Wildman–Crippen MR) is 148 cm³/mol. The average Bonchev–Trinajstić information content (AvgIpc) is 3.09. The summed E-state index contributed by atoms with van der Waals surface area (Å²) in [5, 5.41) is 24.5. The molecule has 0 unspecified atom stereocenters. The van der Waals surface area contributed by atoms with Crippen LogP contribution in [0.2, 0.25) is 0 Å². The quantitative estimate of drug-likeness (QED) is 0.392. The van der Waals surface area contributed by atoms with Gasteiger partial charge in [-0.1, -0.05) is 6.07 Å². The number of ether oxygens (including phenoxy) is 3. The van der Waals surface area contributed by atoms with Gasteiger partial charge in [0, 0.05) is 18.7 Å². The van der Waals surface area contributed by atoms with Crippen LogP contribution in [-0.2, 0) is 9.47 Å². The molecule has 3 aromatic rings. The van der Waals surface area contributed by atoms with Gasteiger partial charge in [0.1, 0.15) is 34.5 Å². The van der Waals surface area contributed by atoms with Crippen molar-refractivity contribution in [3.63, 3.8) is 0 Å². The number of nitrogens with zero attached hydrogens (tertiary/aromatic N) is 1. The number of hydrogen-bond acceptors (Lipinski definition) is 8. The second-order valence-corrected chi connectivity index (χ2v) is 10.7. The van der Waals surface area contributed by atoms with Crippen molar-refractivity contribution in [1.29, 1.82) is 0 Å². The summed E-state index contributed by atoms with van der Waals surface area (Å²) < 4.78 is 16.7. The molecule has 3 aromatic carbocycles. The average molecular weight is 551 g/mol. The number of phenolic OH excluding ortho intramolecular Hbond substituents is 2. The fourth-order valence-electron chi connectivity index (χ4n) is 4.52. The first kappa shape index (κ1) is 28.5. The number of aromatic hydroxyl groups is 2. The molecule has 10 nitrogen and oxygen atoms in total. The number of nitrogens with one attached hydrogen (secondary N) is 1. The number of phenols is 2. The van der Waals surface area contributed by atoms with E-state index in [9.17, 15) is 24.6 Å². The van der Waals surface area contributed by atoms with E-state index in [0.29, 0.717) is 30.5 Å². The summed E-state index contributed by atoms with van der Waals surface area (Å²) in [5.74, 6) is -0.849. The molecule has 0 aromatic heterocycles. The standard InChI is InChI=1S/C30H34N2O8/c1-30(2,3)40-29(37)32-13-5-6-26(24(17-32)31-27(35)18-7-10-21(33)11-8-18)39-28(36)23-15-20-14-22(38-4)12-9-19(20)16-25(23)34/h7-12,14-16,24,26,33-34H,5-6,13,17H2,1-4H3,(H,31,35)/t24-,26-/m1/s1. The van der Waals surface area contributed by atoms with Gasteiger partial charge in [-0.05, 0) is 92.9 Å². The molecule has 0 radical (unpaired) electrons. The Bertz CT molecular complexity index is 1400.